The van der Waals surface area contributed by atoms with Crippen LogP contribution in [0.3, 0.4) is 0 Å². The molecular weight excluding hydrogens is 276 g/mol. The van der Waals surface area contributed by atoms with Crippen LogP contribution in [-0.2, 0) is 0 Å². The minimum Gasteiger partial charge on any atom is -0.0625 e. The Balaban J connectivity index is 1.45. The number of rotatable bonds is 2. The molecule has 0 heterocycles. The van der Waals surface area contributed by atoms with Gasteiger partial charge in [0.05, 0.1) is 0 Å². The first kappa shape index (κ1) is 17.8. The van der Waals surface area contributed by atoms with Crippen molar-refractivity contribution in [3.8, 4) is 0 Å². The van der Waals surface area contributed by atoms with Gasteiger partial charge in [-0.3, -0.25) is 0 Å². The molecule has 3 aliphatic rings. The topological polar surface area (TPSA) is 0 Å². The van der Waals surface area contributed by atoms with Crippen molar-refractivity contribution in [1.29, 1.82) is 0 Å². The average molecular weight is 319 g/mol. The summed E-state index contributed by atoms with van der Waals surface area (Å²) in [7, 11) is 0. The minimum atomic E-state index is 1.01. The molecule has 0 amide bonds. The zero-order valence-electron chi connectivity index (χ0n) is 16.1. The van der Waals surface area contributed by atoms with Gasteiger partial charge in [0.2, 0.25) is 0 Å². The third kappa shape index (κ3) is 5.23. The number of hydrogen-bond acceptors (Lipinski definition) is 0. The van der Waals surface area contributed by atoms with E-state index in [1.165, 1.54) is 32.1 Å². The van der Waals surface area contributed by atoms with Crippen molar-refractivity contribution >= 4 is 0 Å². The molecule has 0 nitrogen and oxygen atoms in total. The van der Waals surface area contributed by atoms with Crippen molar-refractivity contribution in [3.05, 3.63) is 0 Å². The van der Waals surface area contributed by atoms with Crippen LogP contribution in [0.1, 0.15) is 110 Å². The van der Waals surface area contributed by atoms with Gasteiger partial charge in [-0.15, -0.1) is 0 Å². The normalized spacial score (nSPS) is 44.1. The highest BCUT2D eigenvalue weighted by molar-refractivity contribution is 4.81. The molecule has 0 aliphatic heterocycles. The lowest BCUT2D eigenvalue weighted by atomic mass is 9.70. The van der Waals surface area contributed by atoms with Gasteiger partial charge in [-0.1, -0.05) is 90.9 Å². The van der Waals surface area contributed by atoms with Crippen molar-refractivity contribution in [1.82, 2.24) is 0 Å². The van der Waals surface area contributed by atoms with Crippen molar-refractivity contribution in [2.75, 3.05) is 0 Å². The Morgan fingerprint density at radius 1 is 0.348 bits per heavy atom. The first-order valence-electron chi connectivity index (χ1n) is 11.2. The van der Waals surface area contributed by atoms with Crippen LogP contribution < -0.4 is 0 Å². The summed E-state index contributed by atoms with van der Waals surface area (Å²) in [6.45, 7) is 4.95. The predicted octanol–water partition coefficient (Wildman–Crippen LogP) is 7.62. The average Bonchev–Trinajstić information content (AvgIpc) is 2.73. The smallest absolute Gasteiger partial charge is 0.0386 e. The van der Waals surface area contributed by atoms with Gasteiger partial charge in [0.15, 0.2) is 0 Å². The Labute approximate surface area is 146 Å². The van der Waals surface area contributed by atoms with Crippen LogP contribution in [0.25, 0.3) is 0 Å². The van der Waals surface area contributed by atoms with Gasteiger partial charge in [0.1, 0.15) is 0 Å². The summed E-state index contributed by atoms with van der Waals surface area (Å²) in [4.78, 5) is 0. The zero-order valence-corrected chi connectivity index (χ0v) is 16.1. The van der Waals surface area contributed by atoms with E-state index in [1.807, 2.05) is 0 Å². The fraction of sp³-hybridized carbons (Fsp3) is 1.00. The third-order valence-electron chi connectivity index (χ3n) is 8.00. The standard InChI is InChI=1S/C23H42/c1-18-6-3-7-22(15-12-18)20-8-4-10-21(11-5-9-20)23-16-13-19(2)14-17-23/h18-23H,3-17H2,1-2H3. The molecule has 0 N–H and O–H groups in total. The molecule has 2 atom stereocenters. The second kappa shape index (κ2) is 8.91. The highest BCUT2D eigenvalue weighted by Gasteiger charge is 2.29. The number of hydrogen-bond donors (Lipinski definition) is 0. The van der Waals surface area contributed by atoms with Gasteiger partial charge >= 0.3 is 0 Å². The van der Waals surface area contributed by atoms with Crippen LogP contribution in [0.2, 0.25) is 0 Å². The van der Waals surface area contributed by atoms with Crippen molar-refractivity contribution < 1.29 is 0 Å². The van der Waals surface area contributed by atoms with Crippen LogP contribution in [0.4, 0.5) is 0 Å². The molecule has 0 saturated heterocycles. The van der Waals surface area contributed by atoms with E-state index in [0.717, 1.165) is 35.5 Å². The molecule has 0 bridgehead atoms. The largest absolute Gasteiger partial charge is 0.0625 e. The van der Waals surface area contributed by atoms with Crippen LogP contribution in [0.15, 0.2) is 0 Å². The van der Waals surface area contributed by atoms with E-state index in [2.05, 4.69) is 13.8 Å². The van der Waals surface area contributed by atoms with E-state index < -0.39 is 0 Å². The summed E-state index contributed by atoms with van der Waals surface area (Å²) in [5.41, 5.74) is 0. The Bertz CT molecular complexity index is 315. The molecule has 0 aromatic rings. The SMILES string of the molecule is CC1CCCC(C2CCCC(C3CCC(C)CC3)CCC2)CC1. The lowest BCUT2D eigenvalue weighted by Gasteiger charge is -2.36. The van der Waals surface area contributed by atoms with Gasteiger partial charge in [-0.05, 0) is 54.8 Å². The Hall–Kier alpha value is 0. The molecule has 3 saturated carbocycles. The molecule has 2 unspecified atom stereocenters. The Morgan fingerprint density at radius 3 is 1.13 bits per heavy atom. The van der Waals surface area contributed by atoms with E-state index in [-0.39, 0.29) is 0 Å². The van der Waals surface area contributed by atoms with Crippen LogP contribution in [0.5, 0.6) is 0 Å². The highest BCUT2D eigenvalue weighted by atomic mass is 14.4. The quantitative estimate of drug-likeness (QED) is 0.459. The van der Waals surface area contributed by atoms with E-state index in [1.54, 1.807) is 64.2 Å². The molecule has 0 heteroatoms. The molecule has 134 valence electrons. The second-order valence-electron chi connectivity index (χ2n) is 9.78. The molecule has 23 heavy (non-hydrogen) atoms. The molecular formula is C23H42. The van der Waals surface area contributed by atoms with Crippen LogP contribution in [0, 0.1) is 35.5 Å². The lowest BCUT2D eigenvalue weighted by molar-refractivity contribution is 0.158. The van der Waals surface area contributed by atoms with Gasteiger partial charge in [-0.2, -0.15) is 0 Å². The van der Waals surface area contributed by atoms with E-state index in [4.69, 9.17) is 0 Å². The molecule has 3 rings (SSSR count). The summed E-state index contributed by atoms with van der Waals surface area (Å²) >= 11 is 0. The minimum absolute atomic E-state index is 1.01. The monoisotopic (exact) mass is 318 g/mol. The molecule has 0 aromatic heterocycles. The van der Waals surface area contributed by atoms with Crippen molar-refractivity contribution in [2.45, 2.75) is 110 Å². The van der Waals surface area contributed by atoms with Crippen molar-refractivity contribution in [3.63, 3.8) is 0 Å². The molecule has 0 spiro atoms. The van der Waals surface area contributed by atoms with Crippen molar-refractivity contribution in [2.24, 2.45) is 35.5 Å². The Kier molecular flexibility index (Phi) is 6.90. The first-order chi connectivity index (χ1) is 11.2. The summed E-state index contributed by atoms with van der Waals surface area (Å²) in [5.74, 6) is 6.40. The van der Waals surface area contributed by atoms with Gasteiger partial charge in [0.25, 0.3) is 0 Å². The predicted molar refractivity (Wildman–Crippen MR) is 102 cm³/mol. The second-order valence-corrected chi connectivity index (χ2v) is 9.78. The fourth-order valence-corrected chi connectivity index (χ4v) is 6.26. The van der Waals surface area contributed by atoms with Gasteiger partial charge in [-0.25, -0.2) is 0 Å². The maximum absolute atomic E-state index is 2.48. The fourth-order valence-electron chi connectivity index (χ4n) is 6.26. The summed E-state index contributed by atoms with van der Waals surface area (Å²) in [6, 6.07) is 0. The van der Waals surface area contributed by atoms with E-state index >= 15 is 0 Å². The molecule has 3 aliphatic carbocycles. The molecule has 0 radical (unpaired) electrons. The summed E-state index contributed by atoms with van der Waals surface area (Å²) in [5, 5.41) is 0. The summed E-state index contributed by atoms with van der Waals surface area (Å²) in [6.07, 6.45) is 23.2. The van der Waals surface area contributed by atoms with E-state index in [9.17, 15) is 0 Å². The van der Waals surface area contributed by atoms with Gasteiger partial charge < -0.3 is 0 Å². The lowest BCUT2D eigenvalue weighted by Crippen LogP contribution is -2.24. The summed E-state index contributed by atoms with van der Waals surface area (Å²) < 4.78 is 0. The third-order valence-corrected chi connectivity index (χ3v) is 8.00. The first-order valence-corrected chi connectivity index (χ1v) is 11.2. The molecule has 3 fully saturated rings. The molecule has 0 aromatic carbocycles. The Morgan fingerprint density at radius 2 is 0.652 bits per heavy atom. The van der Waals surface area contributed by atoms with E-state index in [0.29, 0.717) is 0 Å². The van der Waals surface area contributed by atoms with Gasteiger partial charge in [0, 0.05) is 0 Å². The zero-order chi connectivity index (χ0) is 16.1. The highest BCUT2D eigenvalue weighted by Crippen LogP contribution is 2.42. The van der Waals surface area contributed by atoms with Crippen LogP contribution >= 0.6 is 0 Å². The maximum Gasteiger partial charge on any atom is -0.0386 e. The van der Waals surface area contributed by atoms with Crippen LogP contribution in [-0.4, -0.2) is 0 Å². The maximum atomic E-state index is 2.48.